The lowest BCUT2D eigenvalue weighted by Gasteiger charge is -2.34. The first-order chi connectivity index (χ1) is 14.9. The molecule has 1 aliphatic rings. The second-order valence-electron chi connectivity index (χ2n) is 7.91. The molecule has 1 amide bonds. The SMILES string of the molecule is COc1ccccc1C(CNC(=O)C1CCCCN1S(=O)(=O)c1ccccc1)N(C)C. The summed E-state index contributed by atoms with van der Waals surface area (Å²) in [5, 5.41) is 2.99. The third-order valence-corrected chi connectivity index (χ3v) is 7.62. The van der Waals surface area contributed by atoms with Crippen molar-refractivity contribution >= 4 is 15.9 Å². The van der Waals surface area contributed by atoms with Gasteiger partial charge >= 0.3 is 0 Å². The molecule has 168 valence electrons. The molecule has 1 heterocycles. The zero-order chi connectivity index (χ0) is 22.4. The topological polar surface area (TPSA) is 79.0 Å². The summed E-state index contributed by atoms with van der Waals surface area (Å²) in [4.78, 5) is 15.4. The Morgan fingerprint density at radius 2 is 1.81 bits per heavy atom. The molecule has 31 heavy (non-hydrogen) atoms. The average molecular weight is 446 g/mol. The van der Waals surface area contributed by atoms with E-state index >= 15 is 0 Å². The molecule has 1 N–H and O–H groups in total. The number of amides is 1. The molecular formula is C23H31N3O4S. The van der Waals surface area contributed by atoms with Crippen LogP contribution in [0.4, 0.5) is 0 Å². The van der Waals surface area contributed by atoms with Crippen molar-refractivity contribution in [2.75, 3.05) is 34.3 Å². The first-order valence-electron chi connectivity index (χ1n) is 10.5. The summed E-state index contributed by atoms with van der Waals surface area (Å²) >= 11 is 0. The summed E-state index contributed by atoms with van der Waals surface area (Å²) in [6, 6.07) is 15.2. The number of benzene rings is 2. The van der Waals surface area contributed by atoms with Gasteiger partial charge in [0, 0.05) is 18.7 Å². The quantitative estimate of drug-likeness (QED) is 0.676. The average Bonchev–Trinajstić information content (AvgIpc) is 2.79. The monoisotopic (exact) mass is 445 g/mol. The fourth-order valence-electron chi connectivity index (χ4n) is 4.01. The molecule has 0 aromatic heterocycles. The van der Waals surface area contributed by atoms with Crippen molar-refractivity contribution in [2.45, 2.75) is 36.2 Å². The lowest BCUT2D eigenvalue weighted by atomic mass is 10.0. The second kappa shape index (κ2) is 10.3. The second-order valence-corrected chi connectivity index (χ2v) is 9.80. The van der Waals surface area contributed by atoms with E-state index in [0.29, 0.717) is 19.5 Å². The lowest BCUT2D eigenvalue weighted by molar-refractivity contribution is -0.125. The summed E-state index contributed by atoms with van der Waals surface area (Å²) in [5.74, 6) is 0.488. The Hall–Kier alpha value is -2.42. The van der Waals surface area contributed by atoms with Crippen LogP contribution in [0.5, 0.6) is 5.75 Å². The van der Waals surface area contributed by atoms with E-state index in [0.717, 1.165) is 24.2 Å². The summed E-state index contributed by atoms with van der Waals surface area (Å²) in [6.07, 6.45) is 2.08. The van der Waals surface area contributed by atoms with Gasteiger partial charge in [0.15, 0.2) is 0 Å². The van der Waals surface area contributed by atoms with Crippen molar-refractivity contribution in [2.24, 2.45) is 0 Å². The maximum absolute atomic E-state index is 13.2. The number of nitrogens with one attached hydrogen (secondary N) is 1. The van der Waals surface area contributed by atoms with Crippen LogP contribution in [-0.4, -0.2) is 63.9 Å². The van der Waals surface area contributed by atoms with Crippen LogP contribution < -0.4 is 10.1 Å². The Morgan fingerprint density at radius 3 is 2.48 bits per heavy atom. The number of carbonyl (C=O) groups excluding carboxylic acids is 1. The number of sulfonamides is 1. The van der Waals surface area contributed by atoms with Gasteiger partial charge in [-0.15, -0.1) is 0 Å². The minimum Gasteiger partial charge on any atom is -0.496 e. The molecule has 0 bridgehead atoms. The molecule has 3 rings (SSSR count). The minimum absolute atomic E-state index is 0.108. The normalized spacial score (nSPS) is 18.5. The van der Waals surface area contributed by atoms with Gasteiger partial charge in [-0.3, -0.25) is 4.79 Å². The number of rotatable bonds is 8. The predicted octanol–water partition coefficient (Wildman–Crippen LogP) is 2.66. The van der Waals surface area contributed by atoms with E-state index in [2.05, 4.69) is 5.32 Å². The highest BCUT2D eigenvalue weighted by molar-refractivity contribution is 7.89. The van der Waals surface area contributed by atoms with Crippen LogP contribution in [0, 0.1) is 0 Å². The zero-order valence-electron chi connectivity index (χ0n) is 18.3. The van der Waals surface area contributed by atoms with Gasteiger partial charge in [0.05, 0.1) is 18.0 Å². The third-order valence-electron chi connectivity index (χ3n) is 5.70. The Kier molecular flexibility index (Phi) is 7.69. The Morgan fingerprint density at radius 1 is 1.13 bits per heavy atom. The van der Waals surface area contributed by atoms with Gasteiger partial charge in [0.25, 0.3) is 0 Å². The summed E-state index contributed by atoms with van der Waals surface area (Å²) in [6.45, 7) is 0.695. The van der Waals surface area contributed by atoms with E-state index in [-0.39, 0.29) is 16.8 Å². The fraction of sp³-hybridized carbons (Fsp3) is 0.435. The molecule has 2 aromatic carbocycles. The number of hydrogen-bond donors (Lipinski definition) is 1. The van der Waals surface area contributed by atoms with Crippen molar-refractivity contribution in [3.63, 3.8) is 0 Å². The molecule has 1 saturated heterocycles. The van der Waals surface area contributed by atoms with Crippen molar-refractivity contribution in [3.8, 4) is 5.75 Å². The Bertz CT molecular complexity index is 979. The standard InChI is InChI=1S/C23H31N3O4S/c1-25(2)21(19-13-7-8-15-22(19)30-3)17-24-23(27)20-14-9-10-16-26(20)31(28,29)18-11-5-4-6-12-18/h4-8,11-13,15,20-21H,9-10,14,16-17H2,1-3H3,(H,24,27). The van der Waals surface area contributed by atoms with Crippen LogP contribution in [0.25, 0.3) is 0 Å². The number of nitrogens with zero attached hydrogens (tertiary/aromatic N) is 2. The highest BCUT2D eigenvalue weighted by Gasteiger charge is 2.37. The van der Waals surface area contributed by atoms with Crippen LogP contribution >= 0.6 is 0 Å². The van der Waals surface area contributed by atoms with Gasteiger partial charge in [0.2, 0.25) is 15.9 Å². The van der Waals surface area contributed by atoms with Gasteiger partial charge in [-0.25, -0.2) is 8.42 Å². The summed E-state index contributed by atoms with van der Waals surface area (Å²) in [5.41, 5.74) is 0.965. The first-order valence-corrected chi connectivity index (χ1v) is 11.9. The molecule has 0 aliphatic carbocycles. The molecule has 8 heteroatoms. The van der Waals surface area contributed by atoms with E-state index in [1.807, 2.05) is 43.3 Å². The number of piperidine rings is 1. The van der Waals surface area contributed by atoms with Crippen LogP contribution in [0.2, 0.25) is 0 Å². The number of likely N-dealkylation sites (N-methyl/N-ethyl adjacent to an activating group) is 1. The molecule has 1 aliphatic heterocycles. The smallest absolute Gasteiger partial charge is 0.243 e. The molecular weight excluding hydrogens is 414 g/mol. The first kappa shape index (κ1) is 23.2. The number of hydrogen-bond acceptors (Lipinski definition) is 5. The zero-order valence-corrected chi connectivity index (χ0v) is 19.1. The Balaban J connectivity index is 1.77. The van der Waals surface area contributed by atoms with Crippen molar-refractivity contribution in [1.82, 2.24) is 14.5 Å². The van der Waals surface area contributed by atoms with Crippen LogP contribution in [-0.2, 0) is 14.8 Å². The highest BCUT2D eigenvalue weighted by atomic mass is 32.2. The van der Waals surface area contributed by atoms with Crippen molar-refractivity contribution in [3.05, 3.63) is 60.2 Å². The largest absolute Gasteiger partial charge is 0.496 e. The maximum Gasteiger partial charge on any atom is 0.243 e. The number of para-hydroxylation sites is 1. The van der Waals surface area contributed by atoms with Crippen molar-refractivity contribution in [1.29, 1.82) is 0 Å². The summed E-state index contributed by atoms with van der Waals surface area (Å²) < 4.78 is 33.2. The lowest BCUT2D eigenvalue weighted by Crippen LogP contribution is -2.52. The highest BCUT2D eigenvalue weighted by Crippen LogP contribution is 2.28. The van der Waals surface area contributed by atoms with Gasteiger partial charge < -0.3 is 15.0 Å². The molecule has 1 fully saturated rings. The van der Waals surface area contributed by atoms with Gasteiger partial charge in [-0.2, -0.15) is 4.31 Å². The van der Waals surface area contributed by atoms with E-state index in [1.165, 1.54) is 4.31 Å². The van der Waals surface area contributed by atoms with Crippen LogP contribution in [0.1, 0.15) is 30.9 Å². The van der Waals surface area contributed by atoms with E-state index in [1.54, 1.807) is 37.4 Å². The molecule has 7 nitrogen and oxygen atoms in total. The van der Waals surface area contributed by atoms with E-state index in [4.69, 9.17) is 4.74 Å². The van der Waals surface area contributed by atoms with Crippen LogP contribution in [0.15, 0.2) is 59.5 Å². The van der Waals surface area contributed by atoms with Gasteiger partial charge in [0.1, 0.15) is 11.8 Å². The third kappa shape index (κ3) is 5.26. The Labute approximate surface area is 185 Å². The van der Waals surface area contributed by atoms with Crippen molar-refractivity contribution < 1.29 is 17.9 Å². The summed E-state index contributed by atoms with van der Waals surface area (Å²) in [7, 11) is 1.77. The minimum atomic E-state index is -3.73. The molecule has 0 saturated carbocycles. The number of carbonyl (C=O) groups is 1. The molecule has 0 radical (unpaired) electrons. The maximum atomic E-state index is 13.2. The van der Waals surface area contributed by atoms with Gasteiger partial charge in [-0.1, -0.05) is 42.8 Å². The van der Waals surface area contributed by atoms with Gasteiger partial charge in [-0.05, 0) is 45.1 Å². The molecule has 2 aromatic rings. The predicted molar refractivity (Wildman–Crippen MR) is 120 cm³/mol. The molecule has 2 atom stereocenters. The fourth-order valence-corrected chi connectivity index (χ4v) is 5.69. The molecule has 0 spiro atoms. The number of methoxy groups -OCH3 is 1. The number of ether oxygens (including phenoxy) is 1. The van der Waals surface area contributed by atoms with E-state index in [9.17, 15) is 13.2 Å². The van der Waals surface area contributed by atoms with Crippen LogP contribution in [0.3, 0.4) is 0 Å². The molecule has 2 unspecified atom stereocenters. The van der Waals surface area contributed by atoms with E-state index < -0.39 is 16.1 Å².